The van der Waals surface area contributed by atoms with Gasteiger partial charge in [-0.25, -0.2) is 4.98 Å². The van der Waals surface area contributed by atoms with E-state index in [0.717, 1.165) is 24.3 Å². The van der Waals surface area contributed by atoms with E-state index in [0.29, 0.717) is 11.1 Å². The molecule has 0 saturated carbocycles. The van der Waals surface area contributed by atoms with Crippen LogP contribution in [0.5, 0.6) is 11.6 Å². The number of aromatic nitrogens is 2. The predicted molar refractivity (Wildman–Crippen MR) is 88.7 cm³/mol. The fourth-order valence-corrected chi connectivity index (χ4v) is 2.32. The van der Waals surface area contributed by atoms with Crippen LogP contribution in [0.25, 0.3) is 11.4 Å². The van der Waals surface area contributed by atoms with Crippen molar-refractivity contribution in [2.45, 2.75) is 19.3 Å². The Balaban J connectivity index is 1.90. The second kappa shape index (κ2) is 7.14. The van der Waals surface area contributed by atoms with Crippen LogP contribution < -0.4 is 4.74 Å². The van der Waals surface area contributed by atoms with Crippen molar-refractivity contribution in [3.05, 3.63) is 71.4 Å². The molecule has 0 bridgehead atoms. The van der Waals surface area contributed by atoms with Crippen molar-refractivity contribution in [1.29, 1.82) is 0 Å². The van der Waals surface area contributed by atoms with Crippen LogP contribution in [0.3, 0.4) is 0 Å². The minimum atomic E-state index is -4.52. The van der Waals surface area contributed by atoms with E-state index in [2.05, 4.69) is 9.97 Å². The van der Waals surface area contributed by atoms with Gasteiger partial charge in [0.05, 0.1) is 11.1 Å². The maximum Gasteiger partial charge on any atom is 0.416 e. The van der Waals surface area contributed by atoms with Crippen LogP contribution in [-0.2, 0) is 12.4 Å². The van der Waals surface area contributed by atoms with Gasteiger partial charge in [-0.05, 0) is 37.3 Å². The summed E-state index contributed by atoms with van der Waals surface area (Å²) < 4.78 is 81.9. The Morgan fingerprint density at radius 2 is 1.46 bits per heavy atom. The molecule has 0 unspecified atom stereocenters. The van der Waals surface area contributed by atoms with Crippen LogP contribution in [0.15, 0.2) is 54.7 Å². The van der Waals surface area contributed by atoms with E-state index < -0.39 is 23.5 Å². The smallest absolute Gasteiger partial charge is 0.416 e. The molecule has 9 heteroatoms. The molecule has 0 radical (unpaired) electrons. The molecule has 3 nitrogen and oxygen atoms in total. The van der Waals surface area contributed by atoms with Crippen molar-refractivity contribution >= 4 is 0 Å². The summed E-state index contributed by atoms with van der Waals surface area (Å²) in [4.78, 5) is 8.17. The van der Waals surface area contributed by atoms with Gasteiger partial charge >= 0.3 is 12.4 Å². The zero-order valence-electron chi connectivity index (χ0n) is 14.3. The molecule has 0 aliphatic carbocycles. The Hall–Kier alpha value is -3.10. The van der Waals surface area contributed by atoms with Gasteiger partial charge in [0, 0.05) is 17.3 Å². The second-order valence-corrected chi connectivity index (χ2v) is 5.88. The maximum absolute atomic E-state index is 12.8. The molecule has 0 aliphatic rings. The van der Waals surface area contributed by atoms with Gasteiger partial charge in [-0.3, -0.25) is 0 Å². The molecule has 146 valence electrons. The number of halogens is 6. The number of hydrogen-bond donors (Lipinski definition) is 0. The van der Waals surface area contributed by atoms with Gasteiger partial charge in [-0.15, -0.1) is 0 Å². The molecule has 1 heterocycles. The highest BCUT2D eigenvalue weighted by Crippen LogP contribution is 2.34. The quantitative estimate of drug-likeness (QED) is 0.487. The van der Waals surface area contributed by atoms with E-state index >= 15 is 0 Å². The molecule has 0 aliphatic heterocycles. The summed E-state index contributed by atoms with van der Waals surface area (Å²) in [6, 6.07) is 8.49. The lowest BCUT2D eigenvalue weighted by Crippen LogP contribution is -2.05. The normalized spacial score (nSPS) is 12.1. The van der Waals surface area contributed by atoms with E-state index in [-0.39, 0.29) is 17.5 Å². The predicted octanol–water partition coefficient (Wildman–Crippen LogP) is 6.28. The molecule has 28 heavy (non-hydrogen) atoms. The number of nitrogens with zero attached hydrogens (tertiary/aromatic N) is 2. The lowest BCUT2D eigenvalue weighted by atomic mass is 10.1. The summed E-state index contributed by atoms with van der Waals surface area (Å²) in [7, 11) is 0. The third kappa shape index (κ3) is 4.41. The van der Waals surface area contributed by atoms with E-state index in [1.54, 1.807) is 6.92 Å². The minimum absolute atomic E-state index is 0.00391. The minimum Gasteiger partial charge on any atom is -0.439 e. The molecular formula is C19H12F6N2O. The fraction of sp³-hybridized carbons (Fsp3) is 0.158. The summed E-state index contributed by atoms with van der Waals surface area (Å²) >= 11 is 0. The van der Waals surface area contributed by atoms with Gasteiger partial charge in [0.2, 0.25) is 5.88 Å². The molecule has 0 fully saturated rings. The zero-order valence-corrected chi connectivity index (χ0v) is 14.3. The number of rotatable bonds is 3. The number of ether oxygens (including phenoxy) is 1. The average Bonchev–Trinajstić information content (AvgIpc) is 2.62. The van der Waals surface area contributed by atoms with Gasteiger partial charge in [0.1, 0.15) is 5.75 Å². The highest BCUT2D eigenvalue weighted by molar-refractivity contribution is 5.56. The fourth-order valence-electron chi connectivity index (χ4n) is 2.32. The van der Waals surface area contributed by atoms with E-state index in [1.807, 2.05) is 0 Å². The molecule has 0 N–H and O–H groups in total. The third-order valence-electron chi connectivity index (χ3n) is 3.77. The van der Waals surface area contributed by atoms with Crippen molar-refractivity contribution in [1.82, 2.24) is 9.97 Å². The molecule has 3 aromatic rings. The first kappa shape index (κ1) is 19.7. The van der Waals surface area contributed by atoms with Crippen LogP contribution in [0.2, 0.25) is 0 Å². The van der Waals surface area contributed by atoms with E-state index in [4.69, 9.17) is 4.74 Å². The molecule has 1 aromatic heterocycles. The zero-order chi connectivity index (χ0) is 20.5. The first-order chi connectivity index (χ1) is 13.0. The summed E-state index contributed by atoms with van der Waals surface area (Å²) in [5, 5.41) is 0. The van der Waals surface area contributed by atoms with Crippen molar-refractivity contribution in [2.24, 2.45) is 0 Å². The molecule has 2 aromatic carbocycles. The Morgan fingerprint density at radius 3 is 2.07 bits per heavy atom. The standard InChI is InChI=1S/C19H12F6N2O/c1-11-10-26-16(12-5-7-13(8-6-12)18(20,21)22)27-17(11)28-15-4-2-3-14(9-15)19(23,24)25/h2-10H,1H3. The molecule has 3 rings (SSSR count). The van der Waals surface area contributed by atoms with E-state index in [1.165, 1.54) is 30.5 Å². The number of benzene rings is 2. The first-order valence-electron chi connectivity index (χ1n) is 7.90. The van der Waals surface area contributed by atoms with Crippen LogP contribution in [-0.4, -0.2) is 9.97 Å². The van der Waals surface area contributed by atoms with Crippen molar-refractivity contribution in [3.63, 3.8) is 0 Å². The van der Waals surface area contributed by atoms with Gasteiger partial charge < -0.3 is 4.74 Å². The lowest BCUT2D eigenvalue weighted by Gasteiger charge is -2.12. The Morgan fingerprint density at radius 1 is 0.821 bits per heavy atom. The third-order valence-corrected chi connectivity index (χ3v) is 3.77. The Labute approximate surface area is 155 Å². The van der Waals surface area contributed by atoms with Gasteiger partial charge in [-0.1, -0.05) is 18.2 Å². The highest BCUT2D eigenvalue weighted by Gasteiger charge is 2.31. The highest BCUT2D eigenvalue weighted by atomic mass is 19.4. The Bertz CT molecular complexity index is 981. The van der Waals surface area contributed by atoms with E-state index in [9.17, 15) is 26.3 Å². The molecule has 0 atom stereocenters. The summed E-state index contributed by atoms with van der Waals surface area (Å²) in [5.74, 6) is 0.0144. The van der Waals surface area contributed by atoms with Crippen molar-refractivity contribution in [2.75, 3.05) is 0 Å². The summed E-state index contributed by atoms with van der Waals surface area (Å²) in [5.41, 5.74) is -0.932. The Kier molecular flexibility index (Phi) is 5.01. The maximum atomic E-state index is 12.8. The number of alkyl halides is 6. The van der Waals surface area contributed by atoms with Crippen molar-refractivity contribution < 1.29 is 31.1 Å². The molecule has 0 amide bonds. The SMILES string of the molecule is Cc1cnc(-c2ccc(C(F)(F)F)cc2)nc1Oc1cccc(C(F)(F)F)c1. The van der Waals surface area contributed by atoms with Gasteiger partial charge in [0.15, 0.2) is 5.82 Å². The monoisotopic (exact) mass is 398 g/mol. The number of hydrogen-bond acceptors (Lipinski definition) is 3. The van der Waals surface area contributed by atoms with Crippen LogP contribution in [0.1, 0.15) is 16.7 Å². The van der Waals surface area contributed by atoms with Crippen LogP contribution in [0.4, 0.5) is 26.3 Å². The van der Waals surface area contributed by atoms with Gasteiger partial charge in [0.25, 0.3) is 0 Å². The lowest BCUT2D eigenvalue weighted by molar-refractivity contribution is -0.138. The first-order valence-corrected chi connectivity index (χ1v) is 7.90. The number of aryl methyl sites for hydroxylation is 1. The molecular weight excluding hydrogens is 386 g/mol. The van der Waals surface area contributed by atoms with Gasteiger partial charge in [-0.2, -0.15) is 31.3 Å². The summed E-state index contributed by atoms with van der Waals surface area (Å²) in [6.07, 6.45) is -7.61. The largest absolute Gasteiger partial charge is 0.439 e. The average molecular weight is 398 g/mol. The summed E-state index contributed by atoms with van der Waals surface area (Å²) in [6.45, 7) is 1.60. The second-order valence-electron chi connectivity index (χ2n) is 5.88. The molecule has 0 spiro atoms. The topological polar surface area (TPSA) is 35.0 Å². The molecule has 0 saturated heterocycles. The van der Waals surface area contributed by atoms with Crippen LogP contribution >= 0.6 is 0 Å². The van der Waals surface area contributed by atoms with Crippen molar-refractivity contribution in [3.8, 4) is 23.0 Å². The van der Waals surface area contributed by atoms with Crippen LogP contribution in [0, 0.1) is 6.92 Å².